The monoisotopic (exact) mass is 271 g/mol. The van der Waals surface area contributed by atoms with Gasteiger partial charge in [-0.3, -0.25) is 0 Å². The van der Waals surface area contributed by atoms with E-state index in [0.29, 0.717) is 0 Å². The van der Waals surface area contributed by atoms with Gasteiger partial charge in [0.25, 0.3) is 0 Å². The first-order chi connectivity index (χ1) is 5.81. The summed E-state index contributed by atoms with van der Waals surface area (Å²) >= 11 is 1.06. The number of halogens is 2. The zero-order valence-electron chi connectivity index (χ0n) is 8.28. The first-order valence-corrected chi connectivity index (χ1v) is 4.17. The molecule has 0 heterocycles. The van der Waals surface area contributed by atoms with Crippen LogP contribution in [-0.4, -0.2) is 0 Å². The molecule has 14 heavy (non-hydrogen) atoms. The Labute approximate surface area is 109 Å². The Kier molecular flexibility index (Phi) is 39.2. The van der Waals surface area contributed by atoms with Crippen LogP contribution in [0.15, 0.2) is 30.3 Å². The Morgan fingerprint density at radius 3 is 1.50 bits per heavy atom. The maximum absolute atomic E-state index is 8.19. The van der Waals surface area contributed by atoms with E-state index >= 15 is 0 Å². The average Bonchev–Trinajstić information content (AvgIpc) is 2.11. The van der Waals surface area contributed by atoms with Crippen molar-refractivity contribution in [2.24, 2.45) is 0 Å². The van der Waals surface area contributed by atoms with Gasteiger partial charge in [-0.1, -0.05) is 6.07 Å². The summed E-state index contributed by atoms with van der Waals surface area (Å²) in [6.45, 7) is 7.72. The molecule has 0 radical (unpaired) electrons. The zero-order valence-corrected chi connectivity index (χ0v) is 11.2. The van der Waals surface area contributed by atoms with Crippen LogP contribution in [0.4, 0.5) is 0 Å². The molecule has 0 aliphatic heterocycles. The quantitative estimate of drug-likeness (QED) is 0.460. The third-order valence-corrected chi connectivity index (χ3v) is 0.843. The van der Waals surface area contributed by atoms with Gasteiger partial charge in [0.2, 0.25) is 0 Å². The van der Waals surface area contributed by atoms with E-state index in [1.807, 2.05) is 50.6 Å². The van der Waals surface area contributed by atoms with Crippen LogP contribution in [0.2, 0.25) is 0 Å². The van der Waals surface area contributed by atoms with Crippen molar-refractivity contribution in [3.63, 3.8) is 0 Å². The maximum atomic E-state index is 8.19. The molecule has 1 aromatic carbocycles. The zero-order chi connectivity index (χ0) is 9.82. The Morgan fingerprint density at radius 2 is 1.36 bits per heavy atom. The molecule has 0 aliphatic carbocycles. The van der Waals surface area contributed by atoms with Crippen molar-refractivity contribution in [2.75, 3.05) is 0 Å². The molecule has 0 N–H and O–H groups in total. The van der Waals surface area contributed by atoms with Crippen LogP contribution in [0.3, 0.4) is 0 Å². The van der Waals surface area contributed by atoms with Gasteiger partial charge in [-0.05, 0) is 0 Å². The van der Waals surface area contributed by atoms with Crippen molar-refractivity contribution in [1.29, 1.82) is 0 Å². The average molecular weight is 272 g/mol. The first-order valence-electron chi connectivity index (χ1n) is 3.60. The Morgan fingerprint density at radius 1 is 1.07 bits per heavy atom. The van der Waals surface area contributed by atoms with E-state index in [9.17, 15) is 0 Å². The summed E-state index contributed by atoms with van der Waals surface area (Å²) in [5.74, 6) is 0. The molecule has 81 valence electrons. The normalized spacial score (nSPS) is 6.00. The van der Waals surface area contributed by atoms with Gasteiger partial charge in [0.05, 0.1) is 0 Å². The SMILES string of the molecule is C[CH-]C.[CH2-]c1ccccc1.[Cl-].[Cl-].[O]=[V+2]. The topological polar surface area (TPSA) is 17.1 Å². The summed E-state index contributed by atoms with van der Waals surface area (Å²) < 4.78 is 8.19. The van der Waals surface area contributed by atoms with Gasteiger partial charge in [-0.25, -0.2) is 0 Å². The van der Waals surface area contributed by atoms with Crippen LogP contribution in [0.5, 0.6) is 0 Å². The minimum atomic E-state index is 0. The molecule has 0 aromatic heterocycles. The van der Waals surface area contributed by atoms with E-state index in [2.05, 4.69) is 6.92 Å². The van der Waals surface area contributed by atoms with Crippen LogP contribution in [0.25, 0.3) is 0 Å². The predicted molar refractivity (Wildman–Crippen MR) is 47.2 cm³/mol. The predicted octanol–water partition coefficient (Wildman–Crippen LogP) is -3.01. The molecule has 1 aromatic rings. The molecule has 0 fully saturated rings. The molecule has 4 heteroatoms. The van der Waals surface area contributed by atoms with Crippen LogP contribution in [0.1, 0.15) is 19.4 Å². The summed E-state index contributed by atoms with van der Waals surface area (Å²) in [6.07, 6.45) is 2.00. The van der Waals surface area contributed by atoms with Crippen molar-refractivity contribution in [2.45, 2.75) is 13.8 Å². The van der Waals surface area contributed by atoms with Crippen LogP contribution in [-0.2, 0) is 21.0 Å². The third-order valence-electron chi connectivity index (χ3n) is 0.843. The van der Waals surface area contributed by atoms with Crippen molar-refractivity contribution in [3.05, 3.63) is 49.2 Å². The molecule has 0 aliphatic rings. The molecule has 0 amide bonds. The van der Waals surface area contributed by atoms with Gasteiger partial charge < -0.3 is 31.2 Å². The molecule has 0 saturated heterocycles. The van der Waals surface area contributed by atoms with E-state index in [4.69, 9.17) is 3.67 Å². The van der Waals surface area contributed by atoms with Crippen LogP contribution < -0.4 is 24.8 Å². The number of hydrogen-bond acceptors (Lipinski definition) is 1. The Balaban J connectivity index is -0.0000000633. The van der Waals surface area contributed by atoms with Gasteiger partial charge in [0.1, 0.15) is 0 Å². The Hall–Kier alpha value is 0.0544. The number of hydrogen-bond donors (Lipinski definition) is 0. The standard InChI is InChI=1S/C7H7.C3H7.2ClH.O.V/c1-7-5-3-2-4-6-7;1-3-2;;;;/h2-6H,1H2;3H,1-2H3;2*1H;;/q2*-1;;;;+2/p-2. The number of benzene rings is 1. The molecular formula is C10H14Cl2OV-2. The molecule has 0 atom stereocenters. The second-order valence-corrected chi connectivity index (χ2v) is 2.06. The van der Waals surface area contributed by atoms with E-state index in [1.54, 1.807) is 0 Å². The van der Waals surface area contributed by atoms with E-state index < -0.39 is 0 Å². The van der Waals surface area contributed by atoms with Crippen LogP contribution in [0, 0.1) is 13.3 Å². The second-order valence-electron chi connectivity index (χ2n) is 2.06. The van der Waals surface area contributed by atoms with Crippen molar-refractivity contribution in [3.8, 4) is 0 Å². The molecule has 0 saturated carbocycles. The molecule has 1 rings (SSSR count). The van der Waals surface area contributed by atoms with Crippen molar-refractivity contribution in [1.82, 2.24) is 0 Å². The fraction of sp³-hybridized carbons (Fsp3) is 0.200. The van der Waals surface area contributed by atoms with Gasteiger partial charge in [0, 0.05) is 0 Å². The molecular weight excluding hydrogens is 258 g/mol. The summed E-state index contributed by atoms with van der Waals surface area (Å²) in [6, 6.07) is 9.87. The second kappa shape index (κ2) is 23.1. The number of rotatable bonds is 0. The van der Waals surface area contributed by atoms with E-state index in [1.165, 1.54) is 0 Å². The molecule has 0 spiro atoms. The van der Waals surface area contributed by atoms with Crippen molar-refractivity contribution < 1.29 is 45.9 Å². The van der Waals surface area contributed by atoms with Gasteiger partial charge in [0.15, 0.2) is 0 Å². The summed E-state index contributed by atoms with van der Waals surface area (Å²) in [5.41, 5.74) is 1.07. The van der Waals surface area contributed by atoms with Crippen molar-refractivity contribution >= 4 is 0 Å². The van der Waals surface area contributed by atoms with E-state index in [0.717, 1.165) is 22.9 Å². The summed E-state index contributed by atoms with van der Waals surface area (Å²) in [5, 5.41) is 0. The molecule has 1 nitrogen and oxygen atoms in total. The third kappa shape index (κ3) is 22.7. The van der Waals surface area contributed by atoms with Gasteiger partial charge >= 0.3 is 21.0 Å². The first kappa shape index (κ1) is 23.7. The fourth-order valence-electron chi connectivity index (χ4n) is 0.478. The Bertz CT molecular complexity index is 171. The molecule has 0 unspecified atom stereocenters. The minimum absolute atomic E-state index is 0. The fourth-order valence-corrected chi connectivity index (χ4v) is 0.478. The molecule has 0 bridgehead atoms. The van der Waals surface area contributed by atoms with Gasteiger partial charge in [-0.15, -0.1) is 12.1 Å². The summed E-state index contributed by atoms with van der Waals surface area (Å²) in [7, 11) is 0. The summed E-state index contributed by atoms with van der Waals surface area (Å²) in [4.78, 5) is 0. The van der Waals surface area contributed by atoms with E-state index in [-0.39, 0.29) is 24.8 Å². The van der Waals surface area contributed by atoms with Crippen LogP contribution >= 0.6 is 0 Å². The van der Waals surface area contributed by atoms with Gasteiger partial charge in [-0.2, -0.15) is 38.5 Å².